The van der Waals surface area contributed by atoms with Crippen LogP contribution in [-0.2, 0) is 11.3 Å². The van der Waals surface area contributed by atoms with E-state index in [4.69, 9.17) is 0 Å². The normalized spacial score (nSPS) is 14.2. The molecule has 0 unspecified atom stereocenters. The summed E-state index contributed by atoms with van der Waals surface area (Å²) in [5, 5.41) is 7.14. The van der Waals surface area contributed by atoms with Crippen LogP contribution in [0.15, 0.2) is 49.4 Å². The Morgan fingerprint density at radius 2 is 1.93 bits per heavy atom. The first-order chi connectivity index (χ1) is 13.3. The highest BCUT2D eigenvalue weighted by Crippen LogP contribution is 2.18. The van der Waals surface area contributed by atoms with Crippen molar-refractivity contribution >= 4 is 23.4 Å². The largest absolute Gasteiger partial charge is 0.353 e. The second-order valence-corrected chi connectivity index (χ2v) is 6.06. The van der Waals surface area contributed by atoms with Crippen LogP contribution >= 0.6 is 0 Å². The summed E-state index contributed by atoms with van der Waals surface area (Å²) in [6, 6.07) is 7.54. The monoisotopic (exact) mass is 365 g/mol. The molecule has 1 saturated heterocycles. The number of aromatic nitrogens is 6. The van der Waals surface area contributed by atoms with Crippen LogP contribution in [0.5, 0.6) is 0 Å². The van der Waals surface area contributed by atoms with Crippen molar-refractivity contribution in [1.29, 1.82) is 0 Å². The minimum Gasteiger partial charge on any atom is -0.353 e. The predicted octanol–water partition coefficient (Wildman–Crippen LogP) is 0.555. The summed E-state index contributed by atoms with van der Waals surface area (Å²) in [4.78, 5) is 33.0. The quantitative estimate of drug-likeness (QED) is 0.699. The second-order valence-electron chi connectivity index (χ2n) is 6.06. The molecule has 1 N–H and O–H groups in total. The smallest absolute Gasteiger partial charge is 0.244 e. The molecule has 10 nitrogen and oxygen atoms in total. The Bertz CT molecular complexity index is 876. The van der Waals surface area contributed by atoms with Gasteiger partial charge in [-0.2, -0.15) is 5.10 Å². The van der Waals surface area contributed by atoms with Gasteiger partial charge in [0, 0.05) is 38.4 Å². The lowest BCUT2D eigenvalue weighted by Gasteiger charge is -2.35. The van der Waals surface area contributed by atoms with Crippen molar-refractivity contribution in [2.24, 2.45) is 0 Å². The topological polar surface area (TPSA) is 105 Å². The minimum absolute atomic E-state index is 0.0420. The van der Waals surface area contributed by atoms with Gasteiger partial charge in [-0.15, -0.1) is 0 Å². The van der Waals surface area contributed by atoms with Gasteiger partial charge in [0.15, 0.2) is 0 Å². The van der Waals surface area contributed by atoms with Crippen LogP contribution in [0, 0.1) is 0 Å². The number of carbonyl (C=O) groups is 1. The highest BCUT2D eigenvalue weighted by Gasteiger charge is 2.22. The molecule has 1 fully saturated rings. The predicted molar refractivity (Wildman–Crippen MR) is 98.4 cm³/mol. The summed E-state index contributed by atoms with van der Waals surface area (Å²) in [5.74, 6) is 2.28. The first kappa shape index (κ1) is 16.9. The average molecular weight is 365 g/mol. The summed E-state index contributed by atoms with van der Waals surface area (Å²) in [5.41, 5.74) is 0. The zero-order valence-electron chi connectivity index (χ0n) is 14.6. The number of anilines is 3. The van der Waals surface area contributed by atoms with Gasteiger partial charge in [0.05, 0.1) is 0 Å². The molecule has 0 atom stereocenters. The van der Waals surface area contributed by atoms with E-state index in [-0.39, 0.29) is 12.5 Å². The summed E-state index contributed by atoms with van der Waals surface area (Å²) in [6.45, 7) is 2.92. The van der Waals surface area contributed by atoms with Crippen LogP contribution in [0.2, 0.25) is 0 Å². The highest BCUT2D eigenvalue weighted by molar-refractivity contribution is 5.76. The number of amides is 1. The standard InChI is InChI=1S/C17H19N9O/c27-17(10-26-13-18-11-22-26)25-7-5-24(6-8-25)16-9-15(20-12-21-16)23-14-3-1-2-4-19-14/h1-4,9,11-13H,5-8,10H2,(H,19,20,21,23). The maximum absolute atomic E-state index is 12.3. The number of nitrogens with one attached hydrogen (secondary N) is 1. The van der Waals surface area contributed by atoms with E-state index < -0.39 is 0 Å². The Kier molecular flexibility index (Phi) is 4.86. The van der Waals surface area contributed by atoms with E-state index in [0.29, 0.717) is 32.0 Å². The molecule has 4 heterocycles. The zero-order valence-corrected chi connectivity index (χ0v) is 14.6. The number of piperazine rings is 1. The van der Waals surface area contributed by atoms with E-state index >= 15 is 0 Å². The van der Waals surface area contributed by atoms with Crippen LogP contribution in [0.3, 0.4) is 0 Å². The van der Waals surface area contributed by atoms with Crippen molar-refractivity contribution < 1.29 is 4.79 Å². The van der Waals surface area contributed by atoms with Crippen LogP contribution in [-0.4, -0.2) is 66.7 Å². The lowest BCUT2D eigenvalue weighted by atomic mass is 10.3. The maximum Gasteiger partial charge on any atom is 0.244 e. The van der Waals surface area contributed by atoms with Crippen molar-refractivity contribution in [1.82, 2.24) is 34.6 Å². The van der Waals surface area contributed by atoms with Crippen molar-refractivity contribution in [2.75, 3.05) is 36.4 Å². The van der Waals surface area contributed by atoms with Gasteiger partial charge in [0.2, 0.25) is 5.91 Å². The molecule has 0 saturated carbocycles. The van der Waals surface area contributed by atoms with E-state index in [2.05, 4.69) is 35.3 Å². The third-order valence-corrected chi connectivity index (χ3v) is 4.29. The van der Waals surface area contributed by atoms with E-state index in [1.54, 1.807) is 12.5 Å². The molecule has 0 spiro atoms. The molecule has 138 valence electrons. The van der Waals surface area contributed by atoms with E-state index in [0.717, 1.165) is 11.6 Å². The molecule has 10 heteroatoms. The second kappa shape index (κ2) is 7.77. The molecular weight excluding hydrogens is 346 g/mol. The number of pyridine rings is 1. The summed E-state index contributed by atoms with van der Waals surface area (Å²) in [6.07, 6.45) is 6.23. The molecule has 0 aromatic carbocycles. The molecule has 0 radical (unpaired) electrons. The van der Waals surface area contributed by atoms with E-state index in [1.807, 2.05) is 29.2 Å². The molecule has 0 aliphatic carbocycles. The molecule has 4 rings (SSSR count). The Morgan fingerprint density at radius 1 is 1.04 bits per heavy atom. The van der Waals surface area contributed by atoms with E-state index in [1.165, 1.54) is 17.3 Å². The van der Waals surface area contributed by atoms with Crippen LogP contribution in [0.25, 0.3) is 0 Å². The number of nitrogens with zero attached hydrogens (tertiary/aromatic N) is 8. The SMILES string of the molecule is O=C(Cn1cncn1)N1CCN(c2cc(Nc3ccccn3)ncn2)CC1. The van der Waals surface area contributed by atoms with Gasteiger partial charge in [0.1, 0.15) is 43.0 Å². The highest BCUT2D eigenvalue weighted by atomic mass is 16.2. The van der Waals surface area contributed by atoms with Crippen molar-refractivity contribution in [3.05, 3.63) is 49.4 Å². The third kappa shape index (κ3) is 4.17. The van der Waals surface area contributed by atoms with Crippen LogP contribution in [0.4, 0.5) is 17.5 Å². The van der Waals surface area contributed by atoms with Gasteiger partial charge in [-0.1, -0.05) is 6.07 Å². The Balaban J connectivity index is 1.35. The fraction of sp³-hybridized carbons (Fsp3) is 0.294. The number of carbonyl (C=O) groups excluding carboxylic acids is 1. The molecule has 3 aromatic heterocycles. The summed E-state index contributed by atoms with van der Waals surface area (Å²) < 4.78 is 1.54. The Morgan fingerprint density at radius 3 is 2.67 bits per heavy atom. The number of hydrogen-bond donors (Lipinski definition) is 1. The van der Waals surface area contributed by atoms with Gasteiger partial charge < -0.3 is 15.1 Å². The summed E-state index contributed by atoms with van der Waals surface area (Å²) >= 11 is 0. The van der Waals surface area contributed by atoms with Gasteiger partial charge in [-0.25, -0.2) is 24.6 Å². The first-order valence-corrected chi connectivity index (χ1v) is 8.63. The molecule has 27 heavy (non-hydrogen) atoms. The number of hydrogen-bond acceptors (Lipinski definition) is 8. The lowest BCUT2D eigenvalue weighted by molar-refractivity contribution is -0.132. The fourth-order valence-corrected chi connectivity index (χ4v) is 2.89. The van der Waals surface area contributed by atoms with Gasteiger partial charge in [-0.05, 0) is 12.1 Å². The molecule has 1 aliphatic heterocycles. The van der Waals surface area contributed by atoms with Crippen LogP contribution in [0.1, 0.15) is 0 Å². The lowest BCUT2D eigenvalue weighted by Crippen LogP contribution is -2.49. The maximum atomic E-state index is 12.3. The summed E-state index contributed by atoms with van der Waals surface area (Å²) in [7, 11) is 0. The molecule has 3 aromatic rings. The number of rotatable bonds is 5. The van der Waals surface area contributed by atoms with Gasteiger partial charge in [0.25, 0.3) is 0 Å². The third-order valence-electron chi connectivity index (χ3n) is 4.29. The van der Waals surface area contributed by atoms with Gasteiger partial charge in [-0.3, -0.25) is 4.79 Å². The van der Waals surface area contributed by atoms with Crippen molar-refractivity contribution in [3.8, 4) is 0 Å². The van der Waals surface area contributed by atoms with Crippen molar-refractivity contribution in [2.45, 2.75) is 6.54 Å². The van der Waals surface area contributed by atoms with Crippen LogP contribution < -0.4 is 10.2 Å². The fourth-order valence-electron chi connectivity index (χ4n) is 2.89. The zero-order chi connectivity index (χ0) is 18.5. The molecular formula is C17H19N9O. The average Bonchev–Trinajstić information content (AvgIpc) is 3.22. The van der Waals surface area contributed by atoms with Gasteiger partial charge >= 0.3 is 0 Å². The Labute approximate surface area is 155 Å². The molecule has 0 bridgehead atoms. The molecule has 1 amide bonds. The van der Waals surface area contributed by atoms with Crippen molar-refractivity contribution in [3.63, 3.8) is 0 Å². The first-order valence-electron chi connectivity index (χ1n) is 8.63. The van der Waals surface area contributed by atoms with E-state index in [9.17, 15) is 4.79 Å². The molecule has 1 aliphatic rings. The minimum atomic E-state index is 0.0420. The Hall–Kier alpha value is -3.56.